The third-order valence-electron chi connectivity index (χ3n) is 4.76. The lowest BCUT2D eigenvalue weighted by molar-refractivity contribution is -0.187. The first kappa shape index (κ1) is 16.6. The van der Waals surface area contributed by atoms with Gasteiger partial charge in [0.15, 0.2) is 0 Å². The van der Waals surface area contributed by atoms with Gasteiger partial charge < -0.3 is 14.8 Å². The number of fused-ring (bicyclic) bond motifs is 1. The van der Waals surface area contributed by atoms with E-state index in [9.17, 15) is 18.0 Å². The minimum Gasteiger partial charge on any atom is -0.369 e. The molecule has 0 spiro atoms. The van der Waals surface area contributed by atoms with Gasteiger partial charge in [-0.15, -0.1) is 0 Å². The third kappa shape index (κ3) is 2.92. The standard InChI is InChI=1S/C16H19F3N4O/c1-10-5-8-23(15(24)16(17,18)19)9-13(10)22(2)12-4-7-21-14-11(12)3-6-20-14/h3-4,6-7,10,13H,5,8-9H2,1-2H3,(H,20,21). The molecule has 0 saturated carbocycles. The van der Waals surface area contributed by atoms with Gasteiger partial charge >= 0.3 is 12.1 Å². The van der Waals surface area contributed by atoms with E-state index >= 15 is 0 Å². The van der Waals surface area contributed by atoms with Crippen molar-refractivity contribution < 1.29 is 18.0 Å². The Balaban J connectivity index is 1.86. The summed E-state index contributed by atoms with van der Waals surface area (Å²) in [4.78, 5) is 21.7. The lowest BCUT2D eigenvalue weighted by Crippen LogP contribution is -2.55. The summed E-state index contributed by atoms with van der Waals surface area (Å²) < 4.78 is 38.2. The van der Waals surface area contributed by atoms with Crippen molar-refractivity contribution in [2.24, 2.45) is 5.92 Å². The van der Waals surface area contributed by atoms with Gasteiger partial charge in [-0.1, -0.05) is 6.92 Å². The summed E-state index contributed by atoms with van der Waals surface area (Å²) in [6.07, 6.45) is -0.845. The molecule has 0 aliphatic carbocycles. The molecule has 2 aromatic heterocycles. The number of H-pyrrole nitrogens is 1. The second kappa shape index (κ2) is 5.99. The summed E-state index contributed by atoms with van der Waals surface area (Å²) in [5, 5.41) is 0.909. The molecule has 3 heterocycles. The van der Waals surface area contributed by atoms with Crippen LogP contribution < -0.4 is 4.90 Å². The van der Waals surface area contributed by atoms with Gasteiger partial charge in [0, 0.05) is 49.6 Å². The Morgan fingerprint density at radius 3 is 2.88 bits per heavy atom. The maximum absolute atomic E-state index is 12.7. The number of aromatic amines is 1. The monoisotopic (exact) mass is 340 g/mol. The van der Waals surface area contributed by atoms with Crippen molar-refractivity contribution in [1.82, 2.24) is 14.9 Å². The number of nitrogens with one attached hydrogen (secondary N) is 1. The predicted octanol–water partition coefficient (Wildman–Crippen LogP) is 2.80. The number of alkyl halides is 3. The molecule has 2 atom stereocenters. The first-order valence-electron chi connectivity index (χ1n) is 7.80. The van der Waals surface area contributed by atoms with Gasteiger partial charge in [0.05, 0.1) is 0 Å². The Kier molecular flexibility index (Phi) is 4.15. The van der Waals surface area contributed by atoms with Crippen molar-refractivity contribution in [3.05, 3.63) is 24.5 Å². The molecule has 0 radical (unpaired) electrons. The molecule has 1 N–H and O–H groups in total. The van der Waals surface area contributed by atoms with Gasteiger partial charge in [0.1, 0.15) is 5.65 Å². The average Bonchev–Trinajstić information content (AvgIpc) is 3.01. The first-order valence-corrected chi connectivity index (χ1v) is 7.80. The van der Waals surface area contributed by atoms with Gasteiger partial charge in [-0.25, -0.2) is 4.98 Å². The highest BCUT2D eigenvalue weighted by molar-refractivity contribution is 5.89. The Morgan fingerprint density at radius 2 is 2.17 bits per heavy atom. The molecule has 24 heavy (non-hydrogen) atoms. The van der Waals surface area contributed by atoms with E-state index in [-0.39, 0.29) is 25.0 Å². The summed E-state index contributed by atoms with van der Waals surface area (Å²) in [5.74, 6) is -1.58. The fourth-order valence-electron chi connectivity index (χ4n) is 3.35. The molecule has 130 valence electrons. The van der Waals surface area contributed by atoms with Crippen LogP contribution in [0.2, 0.25) is 0 Å². The zero-order chi connectivity index (χ0) is 17.5. The van der Waals surface area contributed by atoms with Crippen LogP contribution in [0.5, 0.6) is 0 Å². The number of amides is 1. The summed E-state index contributed by atoms with van der Waals surface area (Å²) in [6, 6.07) is 3.54. The van der Waals surface area contributed by atoms with E-state index in [1.54, 1.807) is 12.4 Å². The van der Waals surface area contributed by atoms with Gasteiger partial charge in [-0.05, 0) is 24.5 Å². The van der Waals surface area contributed by atoms with Crippen LogP contribution in [0.15, 0.2) is 24.5 Å². The average molecular weight is 340 g/mol. The Labute approximate surface area is 137 Å². The van der Waals surface area contributed by atoms with Crippen LogP contribution in [0, 0.1) is 5.92 Å². The molecule has 1 amide bonds. The van der Waals surface area contributed by atoms with E-state index in [2.05, 4.69) is 9.97 Å². The number of likely N-dealkylation sites (tertiary alicyclic amines) is 1. The summed E-state index contributed by atoms with van der Waals surface area (Å²) >= 11 is 0. The molecule has 0 aromatic carbocycles. The number of hydrogen-bond acceptors (Lipinski definition) is 3. The number of carbonyl (C=O) groups excluding carboxylic acids is 1. The Hall–Kier alpha value is -2.25. The number of aromatic nitrogens is 2. The van der Waals surface area contributed by atoms with Crippen LogP contribution in [0.1, 0.15) is 13.3 Å². The van der Waals surface area contributed by atoms with E-state index in [0.29, 0.717) is 6.42 Å². The van der Waals surface area contributed by atoms with Crippen molar-refractivity contribution >= 4 is 22.6 Å². The number of carbonyl (C=O) groups is 1. The van der Waals surface area contributed by atoms with Crippen molar-refractivity contribution in [1.29, 1.82) is 0 Å². The summed E-state index contributed by atoms with van der Waals surface area (Å²) in [5.41, 5.74) is 1.62. The number of halogens is 3. The van der Waals surface area contributed by atoms with Crippen molar-refractivity contribution in [2.75, 3.05) is 25.0 Å². The predicted molar refractivity (Wildman–Crippen MR) is 84.7 cm³/mol. The summed E-state index contributed by atoms with van der Waals surface area (Å²) in [6.45, 7) is 2.20. The van der Waals surface area contributed by atoms with Gasteiger partial charge in [0.2, 0.25) is 0 Å². The molecular weight excluding hydrogens is 321 g/mol. The van der Waals surface area contributed by atoms with Crippen LogP contribution in [-0.4, -0.2) is 53.1 Å². The van der Waals surface area contributed by atoms with Crippen LogP contribution in [0.3, 0.4) is 0 Å². The minimum atomic E-state index is -4.83. The van der Waals surface area contributed by atoms with Crippen molar-refractivity contribution in [2.45, 2.75) is 25.6 Å². The molecule has 5 nitrogen and oxygen atoms in total. The molecule has 2 aromatic rings. The quantitative estimate of drug-likeness (QED) is 0.915. The molecule has 0 bridgehead atoms. The maximum atomic E-state index is 12.7. The van der Waals surface area contributed by atoms with Crippen LogP contribution in [0.25, 0.3) is 11.0 Å². The lowest BCUT2D eigenvalue weighted by Gasteiger charge is -2.42. The summed E-state index contributed by atoms with van der Waals surface area (Å²) in [7, 11) is 1.85. The minimum absolute atomic E-state index is 0.0598. The SMILES string of the molecule is CC1CCN(C(=O)C(F)(F)F)CC1N(C)c1ccnc2[nH]ccc12. The van der Waals surface area contributed by atoms with Gasteiger partial charge in [-0.2, -0.15) is 13.2 Å². The van der Waals surface area contributed by atoms with E-state index in [1.807, 2.05) is 31.0 Å². The molecule has 8 heteroatoms. The normalized spacial score (nSPS) is 22.0. The van der Waals surface area contributed by atoms with Crippen molar-refractivity contribution in [3.8, 4) is 0 Å². The van der Waals surface area contributed by atoms with Gasteiger partial charge in [0.25, 0.3) is 0 Å². The number of pyridine rings is 1. The third-order valence-corrected chi connectivity index (χ3v) is 4.76. The maximum Gasteiger partial charge on any atom is 0.471 e. The smallest absolute Gasteiger partial charge is 0.369 e. The number of nitrogens with zero attached hydrogens (tertiary/aromatic N) is 3. The molecule has 1 aliphatic rings. The Bertz CT molecular complexity index is 742. The van der Waals surface area contributed by atoms with E-state index in [1.165, 1.54) is 0 Å². The highest BCUT2D eigenvalue weighted by Crippen LogP contribution is 2.31. The van der Waals surface area contributed by atoms with Crippen LogP contribution in [-0.2, 0) is 4.79 Å². The zero-order valence-corrected chi connectivity index (χ0v) is 13.5. The second-order valence-corrected chi connectivity index (χ2v) is 6.26. The van der Waals surface area contributed by atoms with Crippen molar-refractivity contribution in [3.63, 3.8) is 0 Å². The first-order chi connectivity index (χ1) is 11.3. The molecular formula is C16H19F3N4O. The zero-order valence-electron chi connectivity index (χ0n) is 13.5. The highest BCUT2D eigenvalue weighted by atomic mass is 19.4. The Morgan fingerprint density at radius 1 is 1.42 bits per heavy atom. The van der Waals surface area contributed by atoms with E-state index in [0.717, 1.165) is 21.6 Å². The van der Waals surface area contributed by atoms with Crippen LogP contribution >= 0.6 is 0 Å². The fraction of sp³-hybridized carbons (Fsp3) is 0.500. The molecule has 2 unspecified atom stereocenters. The second-order valence-electron chi connectivity index (χ2n) is 6.26. The fourth-order valence-corrected chi connectivity index (χ4v) is 3.35. The molecule has 1 fully saturated rings. The number of piperidine rings is 1. The largest absolute Gasteiger partial charge is 0.471 e. The highest BCUT2D eigenvalue weighted by Gasteiger charge is 2.45. The van der Waals surface area contributed by atoms with E-state index in [4.69, 9.17) is 0 Å². The molecule has 1 aliphatic heterocycles. The molecule has 1 saturated heterocycles. The van der Waals surface area contributed by atoms with Gasteiger partial charge in [-0.3, -0.25) is 4.79 Å². The topological polar surface area (TPSA) is 52.2 Å². The lowest BCUT2D eigenvalue weighted by atomic mass is 9.91. The molecule has 3 rings (SSSR count). The van der Waals surface area contributed by atoms with Crippen LogP contribution in [0.4, 0.5) is 18.9 Å². The number of rotatable bonds is 2. The number of likely N-dealkylation sites (N-methyl/N-ethyl adjacent to an activating group) is 1. The number of anilines is 1. The van der Waals surface area contributed by atoms with E-state index < -0.39 is 12.1 Å². The number of hydrogen-bond donors (Lipinski definition) is 1.